The molecule has 0 unspecified atom stereocenters. The monoisotopic (exact) mass is 378 g/mol. The van der Waals surface area contributed by atoms with Crippen LogP contribution in [0.4, 0.5) is 0 Å². The number of fused-ring (bicyclic) bond motifs is 1. The molecule has 2 N–H and O–H groups in total. The Morgan fingerprint density at radius 2 is 1.75 bits per heavy atom. The van der Waals surface area contributed by atoms with Gasteiger partial charge in [-0.25, -0.2) is 0 Å². The number of rotatable bonds is 8. The van der Waals surface area contributed by atoms with Crippen molar-refractivity contribution in [2.75, 3.05) is 13.7 Å². The van der Waals surface area contributed by atoms with Crippen LogP contribution >= 0.6 is 0 Å². The molecule has 0 radical (unpaired) electrons. The number of aliphatic carboxylic acids is 1. The zero-order valence-corrected chi connectivity index (χ0v) is 15.6. The molecule has 0 saturated heterocycles. The van der Waals surface area contributed by atoms with Crippen molar-refractivity contribution < 1.29 is 19.4 Å². The molecular formula is C22H22N2O4. The largest absolute Gasteiger partial charge is 0.496 e. The number of aromatic nitrogens is 1. The van der Waals surface area contributed by atoms with Crippen molar-refractivity contribution in [2.24, 2.45) is 0 Å². The van der Waals surface area contributed by atoms with Crippen LogP contribution in [0.15, 0.2) is 54.7 Å². The van der Waals surface area contributed by atoms with Gasteiger partial charge >= 0.3 is 5.97 Å². The lowest BCUT2D eigenvalue weighted by molar-refractivity contribution is -0.136. The Morgan fingerprint density at radius 3 is 2.43 bits per heavy atom. The highest BCUT2D eigenvalue weighted by atomic mass is 16.5. The standard InChI is InChI=1S/C22H22N2O4/c1-28-19-10-9-18(21-17(19)3-2-13-23-21)22(27)24-14-12-16-6-4-15(5-7-16)8-11-20(25)26/h2-7,9-10,13H,8,11-12,14H2,1H3,(H,24,27)(H,25,26). The lowest BCUT2D eigenvalue weighted by Crippen LogP contribution is -2.26. The number of carboxylic acid groups (broad SMARTS) is 1. The van der Waals surface area contributed by atoms with Gasteiger partial charge in [-0.05, 0) is 48.2 Å². The zero-order valence-electron chi connectivity index (χ0n) is 15.6. The molecule has 0 aliphatic carbocycles. The second-order valence-corrected chi connectivity index (χ2v) is 6.43. The summed E-state index contributed by atoms with van der Waals surface area (Å²) in [6.07, 6.45) is 2.99. The number of ether oxygens (including phenoxy) is 1. The maximum absolute atomic E-state index is 12.6. The van der Waals surface area contributed by atoms with Gasteiger partial charge in [0, 0.05) is 24.5 Å². The Hall–Kier alpha value is -3.41. The van der Waals surface area contributed by atoms with Gasteiger partial charge in [-0.1, -0.05) is 24.3 Å². The first-order valence-corrected chi connectivity index (χ1v) is 9.08. The normalized spacial score (nSPS) is 10.6. The molecule has 3 aromatic rings. The molecule has 144 valence electrons. The van der Waals surface area contributed by atoms with Gasteiger partial charge in [0.25, 0.3) is 5.91 Å². The molecule has 28 heavy (non-hydrogen) atoms. The first-order valence-electron chi connectivity index (χ1n) is 9.08. The van der Waals surface area contributed by atoms with E-state index in [2.05, 4.69) is 10.3 Å². The SMILES string of the molecule is COc1ccc(C(=O)NCCc2ccc(CCC(=O)O)cc2)c2ncccc12. The highest BCUT2D eigenvalue weighted by Gasteiger charge is 2.13. The van der Waals surface area contributed by atoms with Gasteiger partial charge in [0.05, 0.1) is 18.2 Å². The summed E-state index contributed by atoms with van der Waals surface area (Å²) in [5.74, 6) is -0.292. The van der Waals surface area contributed by atoms with Crippen LogP contribution in [-0.4, -0.2) is 35.6 Å². The number of benzene rings is 2. The van der Waals surface area contributed by atoms with Crippen molar-refractivity contribution in [2.45, 2.75) is 19.3 Å². The molecule has 0 saturated carbocycles. The minimum Gasteiger partial charge on any atom is -0.496 e. The average Bonchev–Trinajstić information content (AvgIpc) is 2.72. The number of hydrogen-bond acceptors (Lipinski definition) is 4. The molecule has 1 amide bonds. The minimum absolute atomic E-state index is 0.124. The number of carbonyl (C=O) groups excluding carboxylic acids is 1. The zero-order chi connectivity index (χ0) is 19.9. The molecule has 6 heteroatoms. The number of carboxylic acids is 1. The van der Waals surface area contributed by atoms with E-state index < -0.39 is 5.97 Å². The smallest absolute Gasteiger partial charge is 0.303 e. The number of amides is 1. The van der Waals surface area contributed by atoms with E-state index in [1.165, 1.54) is 0 Å². The Labute approximate surface area is 163 Å². The van der Waals surface area contributed by atoms with Crippen molar-refractivity contribution in [1.29, 1.82) is 0 Å². The van der Waals surface area contributed by atoms with Crippen LogP contribution in [0, 0.1) is 0 Å². The molecule has 1 heterocycles. The molecule has 0 aliphatic heterocycles. The number of methoxy groups -OCH3 is 1. The number of hydrogen-bond donors (Lipinski definition) is 2. The van der Waals surface area contributed by atoms with Crippen LogP contribution in [0.2, 0.25) is 0 Å². The quantitative estimate of drug-likeness (QED) is 0.628. The molecular weight excluding hydrogens is 356 g/mol. The van der Waals surface area contributed by atoms with E-state index in [1.807, 2.05) is 36.4 Å². The van der Waals surface area contributed by atoms with Crippen molar-refractivity contribution in [3.05, 3.63) is 71.4 Å². The highest BCUT2D eigenvalue weighted by molar-refractivity contribution is 6.06. The summed E-state index contributed by atoms with van der Waals surface area (Å²) in [5, 5.41) is 12.5. The van der Waals surface area contributed by atoms with Gasteiger partial charge in [0.15, 0.2) is 0 Å². The number of nitrogens with zero attached hydrogens (tertiary/aromatic N) is 1. The Morgan fingerprint density at radius 1 is 1.04 bits per heavy atom. The molecule has 0 aliphatic rings. The third-order valence-electron chi connectivity index (χ3n) is 4.54. The minimum atomic E-state index is -0.799. The van der Waals surface area contributed by atoms with Gasteiger partial charge in [-0.15, -0.1) is 0 Å². The molecule has 2 aromatic carbocycles. The van der Waals surface area contributed by atoms with E-state index in [4.69, 9.17) is 9.84 Å². The van der Waals surface area contributed by atoms with Gasteiger partial charge in [-0.3, -0.25) is 14.6 Å². The topological polar surface area (TPSA) is 88.5 Å². The summed E-state index contributed by atoms with van der Waals surface area (Å²) in [6, 6.07) is 15.0. The van der Waals surface area contributed by atoms with E-state index in [9.17, 15) is 9.59 Å². The highest BCUT2D eigenvalue weighted by Crippen LogP contribution is 2.26. The summed E-state index contributed by atoms with van der Waals surface area (Å²) in [5.41, 5.74) is 3.20. The number of nitrogens with one attached hydrogen (secondary N) is 1. The molecule has 6 nitrogen and oxygen atoms in total. The number of carbonyl (C=O) groups is 2. The van der Waals surface area contributed by atoms with Crippen molar-refractivity contribution >= 4 is 22.8 Å². The maximum Gasteiger partial charge on any atom is 0.303 e. The average molecular weight is 378 g/mol. The van der Waals surface area contributed by atoms with E-state index >= 15 is 0 Å². The molecule has 3 rings (SSSR count). The first kappa shape index (κ1) is 19.4. The van der Waals surface area contributed by atoms with Gasteiger partial charge in [0.2, 0.25) is 0 Å². The predicted molar refractivity (Wildman–Crippen MR) is 107 cm³/mol. The van der Waals surface area contributed by atoms with E-state index in [0.717, 1.165) is 16.5 Å². The van der Waals surface area contributed by atoms with Crippen molar-refractivity contribution in [1.82, 2.24) is 10.3 Å². The number of pyridine rings is 1. The van der Waals surface area contributed by atoms with Gasteiger partial charge < -0.3 is 15.2 Å². The number of aryl methyl sites for hydroxylation is 1. The molecule has 1 aromatic heterocycles. The van der Waals surface area contributed by atoms with Crippen LogP contribution in [0.1, 0.15) is 27.9 Å². The third-order valence-corrected chi connectivity index (χ3v) is 4.54. The summed E-state index contributed by atoms with van der Waals surface area (Å²) in [7, 11) is 1.59. The molecule has 0 bridgehead atoms. The lowest BCUT2D eigenvalue weighted by Gasteiger charge is -2.10. The fourth-order valence-electron chi connectivity index (χ4n) is 3.05. The second kappa shape index (κ2) is 8.99. The molecule has 0 atom stereocenters. The van der Waals surface area contributed by atoms with Crippen LogP contribution in [0.3, 0.4) is 0 Å². The summed E-state index contributed by atoms with van der Waals surface area (Å²) >= 11 is 0. The van der Waals surface area contributed by atoms with E-state index in [1.54, 1.807) is 25.4 Å². The van der Waals surface area contributed by atoms with E-state index in [-0.39, 0.29) is 12.3 Å². The fraction of sp³-hybridized carbons (Fsp3) is 0.227. The first-order chi connectivity index (χ1) is 13.6. The third kappa shape index (κ3) is 4.65. The lowest BCUT2D eigenvalue weighted by atomic mass is 10.1. The Bertz CT molecular complexity index is 983. The van der Waals surface area contributed by atoms with Crippen molar-refractivity contribution in [3.63, 3.8) is 0 Å². The summed E-state index contributed by atoms with van der Waals surface area (Å²) < 4.78 is 5.34. The van der Waals surface area contributed by atoms with Gasteiger partial charge in [0.1, 0.15) is 5.75 Å². The maximum atomic E-state index is 12.6. The van der Waals surface area contributed by atoms with Crippen molar-refractivity contribution in [3.8, 4) is 5.75 Å². The van der Waals surface area contributed by atoms with Crippen LogP contribution in [0.25, 0.3) is 10.9 Å². The fourth-order valence-corrected chi connectivity index (χ4v) is 3.05. The van der Waals surface area contributed by atoms with Crippen LogP contribution in [0.5, 0.6) is 5.75 Å². The Kier molecular flexibility index (Phi) is 6.22. The summed E-state index contributed by atoms with van der Waals surface area (Å²) in [6.45, 7) is 0.494. The Balaban J connectivity index is 1.60. The summed E-state index contributed by atoms with van der Waals surface area (Å²) in [4.78, 5) is 27.6. The predicted octanol–water partition coefficient (Wildman–Crippen LogP) is 3.23. The molecule has 0 spiro atoms. The molecule has 0 fully saturated rings. The van der Waals surface area contributed by atoms with Crippen LogP contribution < -0.4 is 10.1 Å². The second-order valence-electron chi connectivity index (χ2n) is 6.43. The van der Waals surface area contributed by atoms with Crippen LogP contribution in [-0.2, 0) is 17.6 Å². The van der Waals surface area contributed by atoms with Gasteiger partial charge in [-0.2, -0.15) is 0 Å². The van der Waals surface area contributed by atoms with E-state index in [0.29, 0.717) is 36.2 Å².